The first-order valence-corrected chi connectivity index (χ1v) is 9.68. The number of benzene rings is 2. The van der Waals surface area contributed by atoms with E-state index >= 15 is 0 Å². The fraction of sp³-hybridized carbons (Fsp3) is 0.286. The van der Waals surface area contributed by atoms with Crippen molar-refractivity contribution in [3.63, 3.8) is 0 Å². The molecule has 9 nitrogen and oxygen atoms in total. The Bertz CT molecular complexity index is 1050. The summed E-state index contributed by atoms with van der Waals surface area (Å²) in [5.74, 6) is -0.828. The van der Waals surface area contributed by atoms with Gasteiger partial charge in [0.2, 0.25) is 5.91 Å². The largest absolute Gasteiger partial charge is 0.445 e. The molecule has 3 aromatic rings. The Hall–Kier alpha value is -3.82. The van der Waals surface area contributed by atoms with Crippen LogP contribution in [-0.4, -0.2) is 38.2 Å². The average molecular weight is 426 g/mol. The van der Waals surface area contributed by atoms with E-state index in [2.05, 4.69) is 26.2 Å². The number of rotatable bonds is 7. The van der Waals surface area contributed by atoms with E-state index in [-0.39, 0.29) is 18.2 Å². The second-order valence-corrected chi connectivity index (χ2v) is 7.22. The lowest BCUT2D eigenvalue weighted by Crippen LogP contribution is -2.47. The van der Waals surface area contributed by atoms with E-state index in [0.717, 1.165) is 5.56 Å². The number of amides is 2. The number of tetrazole rings is 1. The number of nitrogens with one attached hydrogen (secondary N) is 2. The maximum atomic E-state index is 14.2. The molecule has 1 heterocycles. The van der Waals surface area contributed by atoms with Crippen LogP contribution in [0.15, 0.2) is 48.5 Å². The normalized spacial score (nSPS) is 11.8. The molecule has 2 N–H and O–H groups in total. The zero-order valence-corrected chi connectivity index (χ0v) is 17.4. The number of anilines is 1. The maximum absolute atomic E-state index is 14.2. The molecular formula is C21H23FN6O3. The summed E-state index contributed by atoms with van der Waals surface area (Å²) >= 11 is 0. The lowest BCUT2D eigenvalue weighted by molar-refractivity contribution is -0.119. The van der Waals surface area contributed by atoms with Crippen LogP contribution in [0.3, 0.4) is 0 Å². The summed E-state index contributed by atoms with van der Waals surface area (Å²) in [6.07, 6.45) is -0.707. The highest BCUT2D eigenvalue weighted by atomic mass is 19.1. The van der Waals surface area contributed by atoms with Gasteiger partial charge in [0, 0.05) is 5.69 Å². The standard InChI is InChI=1S/C21H23FN6O3/c1-13(2)19(24-21(30)31-12-15-7-5-4-6-8-15)20(29)23-16-9-10-17(22)18(11-16)28-14(3)25-26-27-28/h4-11,13,19H,12H2,1-3H3,(H,23,29)(H,24,30)/t19-/m0/s1. The van der Waals surface area contributed by atoms with Crippen molar-refractivity contribution < 1.29 is 18.7 Å². The van der Waals surface area contributed by atoms with Gasteiger partial charge in [0.15, 0.2) is 5.82 Å². The van der Waals surface area contributed by atoms with E-state index in [1.165, 1.54) is 22.9 Å². The molecule has 1 aromatic heterocycles. The van der Waals surface area contributed by atoms with Crippen LogP contribution in [0.1, 0.15) is 25.2 Å². The van der Waals surface area contributed by atoms with Gasteiger partial charge in [-0.1, -0.05) is 44.2 Å². The lowest BCUT2D eigenvalue weighted by atomic mass is 10.0. The van der Waals surface area contributed by atoms with E-state index in [4.69, 9.17) is 4.74 Å². The summed E-state index contributed by atoms with van der Waals surface area (Å²) in [6.45, 7) is 5.31. The van der Waals surface area contributed by atoms with E-state index in [1.807, 2.05) is 30.3 Å². The second-order valence-electron chi connectivity index (χ2n) is 7.22. The van der Waals surface area contributed by atoms with Crippen molar-refractivity contribution in [1.82, 2.24) is 25.5 Å². The number of aromatic nitrogens is 4. The molecule has 0 radical (unpaired) electrons. The van der Waals surface area contributed by atoms with E-state index < -0.39 is 23.9 Å². The summed E-state index contributed by atoms with van der Waals surface area (Å²) in [7, 11) is 0. The number of halogens is 1. The van der Waals surface area contributed by atoms with Crippen LogP contribution in [0.2, 0.25) is 0 Å². The SMILES string of the molecule is Cc1nnnn1-c1cc(NC(=O)[C@@H](NC(=O)OCc2ccccc2)C(C)C)ccc1F. The second kappa shape index (κ2) is 9.79. The fourth-order valence-electron chi connectivity index (χ4n) is 2.85. The van der Waals surface area contributed by atoms with E-state index in [9.17, 15) is 14.0 Å². The Balaban J connectivity index is 1.67. The number of ether oxygens (including phenoxy) is 1. The van der Waals surface area contributed by atoms with Gasteiger partial charge in [-0.05, 0) is 47.0 Å². The highest BCUT2D eigenvalue weighted by Crippen LogP contribution is 2.19. The molecule has 31 heavy (non-hydrogen) atoms. The third kappa shape index (κ3) is 5.62. The minimum Gasteiger partial charge on any atom is -0.445 e. The Morgan fingerprint density at radius 2 is 1.90 bits per heavy atom. The van der Waals surface area contributed by atoms with Crippen LogP contribution in [0.25, 0.3) is 5.69 Å². The molecule has 1 atom stereocenters. The molecule has 0 bridgehead atoms. The van der Waals surface area contributed by atoms with Crippen molar-refractivity contribution in [1.29, 1.82) is 0 Å². The molecular weight excluding hydrogens is 403 g/mol. The molecule has 0 aliphatic rings. The third-order valence-corrected chi connectivity index (χ3v) is 4.50. The number of hydrogen-bond acceptors (Lipinski definition) is 6. The van der Waals surface area contributed by atoms with Gasteiger partial charge in [-0.2, -0.15) is 4.68 Å². The zero-order chi connectivity index (χ0) is 22.4. The molecule has 2 aromatic carbocycles. The molecule has 0 aliphatic carbocycles. The number of carbonyl (C=O) groups excluding carboxylic acids is 2. The maximum Gasteiger partial charge on any atom is 0.408 e. The van der Waals surface area contributed by atoms with Gasteiger partial charge in [-0.15, -0.1) is 5.10 Å². The Morgan fingerprint density at radius 1 is 1.16 bits per heavy atom. The minimum absolute atomic E-state index is 0.0890. The smallest absolute Gasteiger partial charge is 0.408 e. The van der Waals surface area contributed by atoms with E-state index in [0.29, 0.717) is 11.5 Å². The summed E-state index contributed by atoms with van der Waals surface area (Å²) in [4.78, 5) is 25.0. The van der Waals surface area contributed by atoms with Crippen molar-refractivity contribution >= 4 is 17.7 Å². The van der Waals surface area contributed by atoms with Crippen LogP contribution in [-0.2, 0) is 16.1 Å². The summed E-state index contributed by atoms with van der Waals surface area (Å²) in [6, 6.07) is 12.4. The highest BCUT2D eigenvalue weighted by molar-refractivity contribution is 5.97. The predicted octanol–water partition coefficient (Wildman–Crippen LogP) is 3.00. The Labute approximate surface area is 178 Å². The molecule has 3 rings (SSSR count). The van der Waals surface area contributed by atoms with Gasteiger partial charge in [0.05, 0.1) is 0 Å². The number of aryl methyl sites for hydroxylation is 1. The molecule has 0 spiro atoms. The summed E-state index contributed by atoms with van der Waals surface area (Å²) in [5.41, 5.74) is 1.26. The van der Waals surface area contributed by atoms with Crippen LogP contribution in [0.4, 0.5) is 14.9 Å². The number of nitrogens with zero attached hydrogens (tertiary/aromatic N) is 4. The van der Waals surface area contributed by atoms with Crippen LogP contribution in [0.5, 0.6) is 0 Å². The zero-order valence-electron chi connectivity index (χ0n) is 17.4. The topological polar surface area (TPSA) is 111 Å². The molecule has 0 fully saturated rings. The summed E-state index contributed by atoms with van der Waals surface area (Å²) < 4.78 is 20.7. The lowest BCUT2D eigenvalue weighted by Gasteiger charge is -2.21. The molecule has 0 saturated carbocycles. The van der Waals surface area contributed by atoms with Crippen molar-refractivity contribution in [3.8, 4) is 5.69 Å². The van der Waals surface area contributed by atoms with Crippen molar-refractivity contribution in [3.05, 3.63) is 65.7 Å². The molecule has 10 heteroatoms. The average Bonchev–Trinajstić information content (AvgIpc) is 3.18. The Kier molecular flexibility index (Phi) is 6.91. The summed E-state index contributed by atoms with van der Waals surface area (Å²) in [5, 5.41) is 16.3. The van der Waals surface area contributed by atoms with Crippen molar-refractivity contribution in [2.75, 3.05) is 5.32 Å². The highest BCUT2D eigenvalue weighted by Gasteiger charge is 2.25. The molecule has 2 amide bonds. The minimum atomic E-state index is -0.855. The number of hydrogen-bond donors (Lipinski definition) is 2. The monoisotopic (exact) mass is 426 g/mol. The van der Waals surface area contributed by atoms with Gasteiger partial charge in [-0.25, -0.2) is 9.18 Å². The first kappa shape index (κ1) is 21.9. The molecule has 0 unspecified atom stereocenters. The third-order valence-electron chi connectivity index (χ3n) is 4.50. The van der Waals surface area contributed by atoms with Crippen molar-refractivity contribution in [2.45, 2.75) is 33.4 Å². The van der Waals surface area contributed by atoms with Crippen LogP contribution in [0, 0.1) is 18.7 Å². The first-order chi connectivity index (χ1) is 14.8. The molecule has 0 aliphatic heterocycles. The van der Waals surface area contributed by atoms with Gasteiger partial charge >= 0.3 is 6.09 Å². The fourth-order valence-corrected chi connectivity index (χ4v) is 2.85. The van der Waals surface area contributed by atoms with Crippen LogP contribution < -0.4 is 10.6 Å². The predicted molar refractivity (Wildman–Crippen MR) is 111 cm³/mol. The molecule has 162 valence electrons. The molecule has 0 saturated heterocycles. The van der Waals surface area contributed by atoms with Gasteiger partial charge < -0.3 is 15.4 Å². The van der Waals surface area contributed by atoms with Gasteiger partial charge in [0.25, 0.3) is 0 Å². The number of carbonyl (C=O) groups is 2. The van der Waals surface area contributed by atoms with Crippen LogP contribution >= 0.6 is 0 Å². The van der Waals surface area contributed by atoms with E-state index in [1.54, 1.807) is 20.8 Å². The number of alkyl carbamates (subject to hydrolysis) is 1. The van der Waals surface area contributed by atoms with Gasteiger partial charge in [-0.3, -0.25) is 4.79 Å². The van der Waals surface area contributed by atoms with Gasteiger partial charge in [0.1, 0.15) is 24.2 Å². The van der Waals surface area contributed by atoms with Crippen molar-refractivity contribution in [2.24, 2.45) is 5.92 Å². The quantitative estimate of drug-likeness (QED) is 0.601. The first-order valence-electron chi connectivity index (χ1n) is 9.68. The Morgan fingerprint density at radius 3 is 2.55 bits per heavy atom.